The summed E-state index contributed by atoms with van der Waals surface area (Å²) in [6.45, 7) is 2.54. The first-order valence-electron chi connectivity index (χ1n) is 8.50. The minimum Gasteiger partial charge on any atom is -0.378 e. The zero-order valence-electron chi connectivity index (χ0n) is 15.2. The molecule has 0 bridgehead atoms. The van der Waals surface area contributed by atoms with Crippen molar-refractivity contribution in [3.8, 4) is 0 Å². The fraction of sp³-hybridized carbons (Fsp3) is 0.400. The maximum Gasteiger partial charge on any atom is 0.0481 e. The van der Waals surface area contributed by atoms with E-state index in [4.69, 9.17) is 5.73 Å². The number of benzene rings is 2. The minimum atomic E-state index is 0.299. The molecule has 0 saturated heterocycles. The Labute approximate surface area is 145 Å². The SMILES string of the molecule is CN(C)c1ccc(CN2Cc3c(cccc3N(C)C)C2CN)cc1. The minimum absolute atomic E-state index is 0.299. The molecule has 0 fully saturated rings. The first kappa shape index (κ1) is 16.8. The van der Waals surface area contributed by atoms with Crippen LogP contribution in [0.4, 0.5) is 11.4 Å². The van der Waals surface area contributed by atoms with E-state index in [2.05, 4.69) is 85.4 Å². The monoisotopic (exact) mass is 324 g/mol. The second kappa shape index (κ2) is 6.83. The van der Waals surface area contributed by atoms with Gasteiger partial charge in [0.05, 0.1) is 0 Å². The molecule has 1 aliphatic heterocycles. The molecule has 2 N–H and O–H groups in total. The molecule has 0 amide bonds. The van der Waals surface area contributed by atoms with Gasteiger partial charge in [-0.1, -0.05) is 24.3 Å². The molecule has 4 nitrogen and oxygen atoms in total. The van der Waals surface area contributed by atoms with Crippen LogP contribution in [0.25, 0.3) is 0 Å². The molecule has 4 heteroatoms. The van der Waals surface area contributed by atoms with E-state index in [0.717, 1.165) is 13.1 Å². The number of fused-ring (bicyclic) bond motifs is 1. The summed E-state index contributed by atoms with van der Waals surface area (Å²) in [4.78, 5) is 6.81. The van der Waals surface area contributed by atoms with Crippen LogP contribution in [0.5, 0.6) is 0 Å². The van der Waals surface area contributed by atoms with Gasteiger partial charge >= 0.3 is 0 Å². The lowest BCUT2D eigenvalue weighted by atomic mass is 10.0. The zero-order valence-corrected chi connectivity index (χ0v) is 15.2. The van der Waals surface area contributed by atoms with E-state index >= 15 is 0 Å². The van der Waals surface area contributed by atoms with Crippen molar-refractivity contribution in [2.75, 3.05) is 44.5 Å². The first-order valence-corrected chi connectivity index (χ1v) is 8.50. The summed E-state index contributed by atoms with van der Waals surface area (Å²) in [5.41, 5.74) is 12.8. The van der Waals surface area contributed by atoms with Crippen molar-refractivity contribution in [2.45, 2.75) is 19.1 Å². The summed E-state index contributed by atoms with van der Waals surface area (Å²) in [7, 11) is 8.35. The molecule has 0 spiro atoms. The van der Waals surface area contributed by atoms with Gasteiger partial charge in [-0.3, -0.25) is 4.90 Å². The van der Waals surface area contributed by atoms with Gasteiger partial charge in [-0.2, -0.15) is 0 Å². The number of anilines is 2. The van der Waals surface area contributed by atoms with Crippen LogP contribution in [0, 0.1) is 0 Å². The maximum atomic E-state index is 6.12. The second-order valence-electron chi connectivity index (χ2n) is 6.96. The fourth-order valence-electron chi connectivity index (χ4n) is 3.58. The summed E-state index contributed by atoms with van der Waals surface area (Å²) in [5.74, 6) is 0. The van der Waals surface area contributed by atoms with E-state index < -0.39 is 0 Å². The predicted molar refractivity (Wildman–Crippen MR) is 103 cm³/mol. The van der Waals surface area contributed by atoms with Crippen molar-refractivity contribution in [2.24, 2.45) is 5.73 Å². The molecule has 2 aromatic carbocycles. The number of nitrogens with two attached hydrogens (primary N) is 1. The quantitative estimate of drug-likeness (QED) is 0.917. The Hall–Kier alpha value is -2.04. The van der Waals surface area contributed by atoms with Gasteiger partial charge in [0.25, 0.3) is 0 Å². The highest BCUT2D eigenvalue weighted by atomic mass is 15.2. The average molecular weight is 324 g/mol. The second-order valence-corrected chi connectivity index (χ2v) is 6.96. The molecule has 1 atom stereocenters. The smallest absolute Gasteiger partial charge is 0.0481 e. The highest BCUT2D eigenvalue weighted by molar-refractivity contribution is 5.58. The van der Waals surface area contributed by atoms with E-state index in [1.165, 1.54) is 28.1 Å². The van der Waals surface area contributed by atoms with Crippen molar-refractivity contribution < 1.29 is 0 Å². The number of nitrogens with zero attached hydrogens (tertiary/aromatic N) is 3. The highest BCUT2D eigenvalue weighted by Crippen LogP contribution is 2.38. The highest BCUT2D eigenvalue weighted by Gasteiger charge is 2.31. The lowest BCUT2D eigenvalue weighted by Gasteiger charge is -2.24. The lowest BCUT2D eigenvalue weighted by molar-refractivity contribution is 0.211. The molecule has 24 heavy (non-hydrogen) atoms. The molecule has 3 rings (SSSR count). The molecule has 0 saturated carbocycles. The molecule has 1 unspecified atom stereocenters. The maximum absolute atomic E-state index is 6.12. The van der Waals surface area contributed by atoms with E-state index in [1.54, 1.807) is 0 Å². The van der Waals surface area contributed by atoms with Gasteiger partial charge in [-0.05, 0) is 34.9 Å². The molecular weight excluding hydrogens is 296 g/mol. The molecule has 0 radical (unpaired) electrons. The largest absolute Gasteiger partial charge is 0.378 e. The van der Waals surface area contributed by atoms with Gasteiger partial charge in [0.1, 0.15) is 0 Å². The van der Waals surface area contributed by atoms with Gasteiger partial charge in [-0.15, -0.1) is 0 Å². The zero-order chi connectivity index (χ0) is 17.3. The molecule has 1 heterocycles. The van der Waals surface area contributed by atoms with E-state index in [-0.39, 0.29) is 0 Å². The number of hydrogen-bond donors (Lipinski definition) is 1. The Morgan fingerprint density at radius 3 is 2.29 bits per heavy atom. The van der Waals surface area contributed by atoms with Crippen molar-refractivity contribution in [1.82, 2.24) is 4.90 Å². The van der Waals surface area contributed by atoms with Crippen molar-refractivity contribution >= 4 is 11.4 Å². The van der Waals surface area contributed by atoms with Gasteiger partial charge in [-0.25, -0.2) is 0 Å². The summed E-state index contributed by atoms with van der Waals surface area (Å²) in [6.07, 6.45) is 0. The molecule has 128 valence electrons. The summed E-state index contributed by atoms with van der Waals surface area (Å²) in [6, 6.07) is 15.7. The van der Waals surface area contributed by atoms with Crippen LogP contribution < -0.4 is 15.5 Å². The molecular formula is C20H28N4. The van der Waals surface area contributed by atoms with Crippen LogP contribution in [0.1, 0.15) is 22.7 Å². The average Bonchev–Trinajstić information content (AvgIpc) is 2.91. The van der Waals surface area contributed by atoms with Crippen LogP contribution in [-0.4, -0.2) is 39.6 Å². The topological polar surface area (TPSA) is 35.7 Å². The van der Waals surface area contributed by atoms with E-state index in [0.29, 0.717) is 12.6 Å². The van der Waals surface area contributed by atoms with Crippen molar-refractivity contribution in [3.05, 3.63) is 59.2 Å². The third-order valence-corrected chi connectivity index (χ3v) is 4.89. The Morgan fingerprint density at radius 2 is 1.71 bits per heavy atom. The van der Waals surface area contributed by atoms with Crippen LogP contribution in [0.2, 0.25) is 0 Å². The summed E-state index contributed by atoms with van der Waals surface area (Å²) >= 11 is 0. The molecule has 0 aromatic heterocycles. The van der Waals surface area contributed by atoms with Crippen molar-refractivity contribution in [3.63, 3.8) is 0 Å². The molecule has 2 aromatic rings. The Morgan fingerprint density at radius 1 is 1.00 bits per heavy atom. The normalized spacial score (nSPS) is 17.0. The molecule has 0 aliphatic carbocycles. The van der Waals surface area contributed by atoms with Gasteiger partial charge in [0.2, 0.25) is 0 Å². The van der Waals surface area contributed by atoms with Crippen LogP contribution in [-0.2, 0) is 13.1 Å². The standard InChI is InChI=1S/C20H28N4/c1-22(2)16-10-8-15(9-11-16)13-24-14-18-17(20(24)12-21)6-5-7-19(18)23(3)4/h5-11,20H,12-14,21H2,1-4H3. The van der Waals surface area contributed by atoms with Gasteiger partial charge in [0.15, 0.2) is 0 Å². The number of rotatable bonds is 5. The van der Waals surface area contributed by atoms with Crippen LogP contribution in [0.15, 0.2) is 42.5 Å². The first-order chi connectivity index (χ1) is 11.5. The van der Waals surface area contributed by atoms with E-state index in [1.807, 2.05) is 0 Å². The summed E-state index contributed by atoms with van der Waals surface area (Å²) < 4.78 is 0. The third kappa shape index (κ3) is 3.12. The van der Waals surface area contributed by atoms with Gasteiger partial charge < -0.3 is 15.5 Å². The summed E-state index contributed by atoms with van der Waals surface area (Å²) in [5, 5.41) is 0. The number of hydrogen-bond acceptors (Lipinski definition) is 4. The Balaban J connectivity index is 1.83. The van der Waals surface area contributed by atoms with Crippen LogP contribution >= 0.6 is 0 Å². The lowest BCUT2D eigenvalue weighted by Crippen LogP contribution is -2.27. The Bertz CT molecular complexity index is 691. The third-order valence-electron chi connectivity index (χ3n) is 4.89. The van der Waals surface area contributed by atoms with Crippen LogP contribution in [0.3, 0.4) is 0 Å². The molecule has 1 aliphatic rings. The Kier molecular flexibility index (Phi) is 4.78. The predicted octanol–water partition coefficient (Wildman–Crippen LogP) is 2.83. The van der Waals surface area contributed by atoms with Gasteiger partial charge in [0, 0.05) is 65.2 Å². The van der Waals surface area contributed by atoms with Crippen molar-refractivity contribution in [1.29, 1.82) is 0 Å². The fourth-order valence-corrected chi connectivity index (χ4v) is 3.58. The van der Waals surface area contributed by atoms with E-state index in [9.17, 15) is 0 Å².